The Morgan fingerprint density at radius 1 is 1.29 bits per heavy atom. The minimum atomic E-state index is -0.611. The molecule has 0 rings (SSSR count). The number of ether oxygens (including phenoxy) is 1. The summed E-state index contributed by atoms with van der Waals surface area (Å²) in [4.78, 5) is 11.0. The number of carbonyl (C=O) groups excluding carboxylic acids is 1. The van der Waals surface area contributed by atoms with E-state index in [4.69, 9.17) is 4.74 Å². The molecule has 0 radical (unpaired) electrons. The number of esters is 1. The van der Waals surface area contributed by atoms with E-state index < -0.39 is 13.9 Å². The predicted octanol–water partition coefficient (Wildman–Crippen LogP) is 3.00. The zero-order chi connectivity index (χ0) is 11.0. The van der Waals surface area contributed by atoms with Crippen LogP contribution in [0.1, 0.15) is 40.0 Å². The molecule has 0 aliphatic rings. The van der Waals surface area contributed by atoms with Crippen LogP contribution in [0.3, 0.4) is 0 Å². The third-order valence-electron chi connectivity index (χ3n) is 2.37. The molecular weight excluding hydrogens is 199 g/mol. The van der Waals surface area contributed by atoms with E-state index >= 15 is 0 Å². The van der Waals surface area contributed by atoms with Gasteiger partial charge in [-0.05, 0) is 0 Å². The quantitative estimate of drug-likeness (QED) is 0.524. The fraction of sp³-hybridized carbons (Fsp3) is 0.800. The number of rotatable bonds is 5. The third kappa shape index (κ3) is 4.64. The van der Waals surface area contributed by atoms with E-state index in [0.29, 0.717) is 5.92 Å². The molecule has 0 aromatic heterocycles. The van der Waals surface area contributed by atoms with Gasteiger partial charge in [-0.2, -0.15) is 0 Å². The van der Waals surface area contributed by atoms with Crippen LogP contribution in [0, 0.1) is 11.5 Å². The number of hydrogen-bond donors (Lipinski definition) is 0. The van der Waals surface area contributed by atoms with Crippen LogP contribution in [0.4, 0.5) is 0 Å². The van der Waals surface area contributed by atoms with E-state index in [2.05, 4.69) is 19.5 Å². The van der Waals surface area contributed by atoms with Gasteiger partial charge in [0.15, 0.2) is 0 Å². The van der Waals surface area contributed by atoms with Crippen molar-refractivity contribution < 1.29 is 14.1 Å². The van der Waals surface area contributed by atoms with Gasteiger partial charge in [-0.3, -0.25) is 0 Å². The molecule has 0 heterocycles. The molecule has 1 unspecified atom stereocenters. The molecule has 0 fully saturated rings. The molecule has 0 aromatic rings. The molecule has 0 saturated carbocycles. The number of carbonyl (C=O) groups is 1. The van der Waals surface area contributed by atoms with Crippen LogP contribution < -0.4 is 0 Å². The third-order valence-corrected chi connectivity index (χ3v) is 2.65. The van der Waals surface area contributed by atoms with Crippen molar-refractivity contribution in [1.82, 2.24) is 0 Å². The molecule has 0 amide bonds. The molecule has 80 valence electrons. The molecule has 0 aliphatic carbocycles. The Labute approximate surface area is 86.3 Å². The van der Waals surface area contributed by atoms with E-state index in [9.17, 15) is 9.36 Å². The van der Waals surface area contributed by atoms with Gasteiger partial charge in [0, 0.05) is 0 Å². The van der Waals surface area contributed by atoms with Gasteiger partial charge in [0.1, 0.15) is 0 Å². The fourth-order valence-electron chi connectivity index (χ4n) is 1.53. The molecular formula is C10H17O3P. The first-order chi connectivity index (χ1) is 6.69. The molecule has 0 spiro atoms. The summed E-state index contributed by atoms with van der Waals surface area (Å²) in [5.41, 5.74) is 2.07. The average molecular weight is 216 g/mol. The summed E-state index contributed by atoms with van der Waals surface area (Å²) in [6, 6.07) is 0. The average Bonchev–Trinajstić information content (AvgIpc) is 2.18. The zero-order valence-corrected chi connectivity index (χ0v) is 9.84. The summed E-state index contributed by atoms with van der Waals surface area (Å²) in [6.07, 6.45) is 2.68. The van der Waals surface area contributed by atoms with Gasteiger partial charge in [0.05, 0.1) is 0 Å². The second-order valence-corrected chi connectivity index (χ2v) is 3.54. The zero-order valence-electron chi connectivity index (χ0n) is 8.95. The first kappa shape index (κ1) is 13.5. The Kier molecular flexibility index (Phi) is 7.55. The predicted molar refractivity (Wildman–Crippen MR) is 55.7 cm³/mol. The second-order valence-electron chi connectivity index (χ2n) is 3.13. The summed E-state index contributed by atoms with van der Waals surface area (Å²) in [5.74, 6) is -0.227. The van der Waals surface area contributed by atoms with Crippen LogP contribution in [-0.4, -0.2) is 12.1 Å². The van der Waals surface area contributed by atoms with E-state index in [1.165, 1.54) is 0 Å². The molecule has 4 heteroatoms. The Bertz CT molecular complexity index is 264. The maximum absolute atomic E-state index is 11.0. The Balaban J connectivity index is 4.31. The summed E-state index contributed by atoms with van der Waals surface area (Å²) < 4.78 is 15.2. The minimum absolute atomic E-state index is 0.0771. The first-order valence-corrected chi connectivity index (χ1v) is 5.79. The van der Waals surface area contributed by atoms with Crippen LogP contribution >= 0.6 is 7.92 Å². The van der Waals surface area contributed by atoms with Crippen LogP contribution in [0.25, 0.3) is 0 Å². The standard InChI is InChI=1S/C10H17O3P/c1-4-8(5-2)9(6-3)13-10(11)7-14-12/h8-9H,4-6H2,1-3H3. The van der Waals surface area contributed by atoms with Crippen molar-refractivity contribution in [3.05, 3.63) is 0 Å². The first-order valence-electron chi connectivity index (χ1n) is 4.98. The van der Waals surface area contributed by atoms with Crippen molar-refractivity contribution in [3.8, 4) is 5.63 Å². The van der Waals surface area contributed by atoms with Crippen molar-refractivity contribution >= 4 is 13.9 Å². The van der Waals surface area contributed by atoms with Gasteiger partial charge >= 0.3 is 85.7 Å². The Morgan fingerprint density at radius 3 is 2.21 bits per heavy atom. The van der Waals surface area contributed by atoms with E-state index in [0.717, 1.165) is 19.3 Å². The van der Waals surface area contributed by atoms with Crippen molar-refractivity contribution in [2.45, 2.75) is 46.1 Å². The molecule has 0 saturated heterocycles. The molecule has 3 nitrogen and oxygen atoms in total. The summed E-state index contributed by atoms with van der Waals surface area (Å²) in [5, 5.41) is 0. The van der Waals surface area contributed by atoms with Crippen LogP contribution in [0.15, 0.2) is 0 Å². The topological polar surface area (TPSA) is 43.4 Å². The Morgan fingerprint density at radius 2 is 1.86 bits per heavy atom. The molecule has 0 N–H and O–H groups in total. The maximum atomic E-state index is 11.0. The van der Waals surface area contributed by atoms with Gasteiger partial charge in [-0.15, -0.1) is 0 Å². The van der Waals surface area contributed by atoms with Crippen molar-refractivity contribution in [3.63, 3.8) is 0 Å². The van der Waals surface area contributed by atoms with Gasteiger partial charge in [0.2, 0.25) is 0 Å². The van der Waals surface area contributed by atoms with E-state index in [1.807, 2.05) is 6.92 Å². The molecule has 0 aliphatic heterocycles. The molecule has 0 bridgehead atoms. The van der Waals surface area contributed by atoms with Crippen molar-refractivity contribution in [2.75, 3.05) is 0 Å². The van der Waals surface area contributed by atoms with Crippen molar-refractivity contribution in [1.29, 1.82) is 0 Å². The molecule has 1 atom stereocenters. The van der Waals surface area contributed by atoms with Gasteiger partial charge < -0.3 is 0 Å². The van der Waals surface area contributed by atoms with Crippen molar-refractivity contribution in [2.24, 2.45) is 5.92 Å². The van der Waals surface area contributed by atoms with Crippen LogP contribution in [-0.2, 0) is 14.1 Å². The summed E-state index contributed by atoms with van der Waals surface area (Å²) in [6.45, 7) is 6.12. The second kappa shape index (κ2) is 7.84. The van der Waals surface area contributed by atoms with E-state index in [-0.39, 0.29) is 6.10 Å². The fourth-order valence-corrected chi connectivity index (χ4v) is 1.66. The normalized spacial score (nSPS) is 12.0. The van der Waals surface area contributed by atoms with Crippen LogP contribution in [0.5, 0.6) is 0 Å². The summed E-state index contributed by atoms with van der Waals surface area (Å²) >= 11 is 0. The molecule has 14 heavy (non-hydrogen) atoms. The SMILES string of the molecule is CCC(CC)C(CC)OC(=O)C#P=O. The van der Waals surface area contributed by atoms with Gasteiger partial charge in [-0.25, -0.2) is 0 Å². The van der Waals surface area contributed by atoms with Crippen LogP contribution in [0.2, 0.25) is 0 Å². The monoisotopic (exact) mass is 216 g/mol. The Hall–Kier alpha value is -0.520. The van der Waals surface area contributed by atoms with E-state index in [1.54, 1.807) is 0 Å². The molecule has 0 aromatic carbocycles. The number of hydrogen-bond acceptors (Lipinski definition) is 3. The van der Waals surface area contributed by atoms with Gasteiger partial charge in [-0.1, -0.05) is 0 Å². The summed E-state index contributed by atoms with van der Waals surface area (Å²) in [7, 11) is -0.413. The van der Waals surface area contributed by atoms with Gasteiger partial charge in [0.25, 0.3) is 0 Å².